The number of aryl methyl sites for hydroxylation is 1. The highest BCUT2D eigenvalue weighted by atomic mass is 16.2. The summed E-state index contributed by atoms with van der Waals surface area (Å²) in [5.41, 5.74) is 6.52. The predicted molar refractivity (Wildman–Crippen MR) is 120 cm³/mol. The largest absolute Gasteiger partial charge is 0.329 e. The maximum Gasteiger partial charge on any atom is 0.225 e. The van der Waals surface area contributed by atoms with E-state index in [2.05, 4.69) is 81.5 Å². The maximum absolute atomic E-state index is 13.2. The van der Waals surface area contributed by atoms with Gasteiger partial charge in [-0.1, -0.05) is 76.2 Å². The molecule has 1 aliphatic heterocycles. The molecule has 0 fully saturated rings. The third-order valence-electron chi connectivity index (χ3n) is 6.57. The van der Waals surface area contributed by atoms with Crippen molar-refractivity contribution >= 4 is 11.7 Å². The lowest BCUT2D eigenvalue weighted by molar-refractivity contribution is -0.122. The molecule has 0 radical (unpaired) electrons. The van der Waals surface area contributed by atoms with Gasteiger partial charge in [-0.05, 0) is 46.4 Å². The third kappa shape index (κ3) is 3.98. The molecule has 0 aromatic heterocycles. The van der Waals surface area contributed by atoms with Crippen LogP contribution in [0, 0.1) is 0 Å². The molecule has 2 aromatic rings. The second kappa shape index (κ2) is 7.86. The van der Waals surface area contributed by atoms with Gasteiger partial charge in [-0.3, -0.25) is 9.59 Å². The predicted octanol–water partition coefficient (Wildman–Crippen LogP) is 5.55. The molecule has 0 saturated heterocycles. The molecule has 3 nitrogen and oxygen atoms in total. The highest BCUT2D eigenvalue weighted by Gasteiger charge is 2.38. The minimum Gasteiger partial charge on any atom is -0.329 e. The van der Waals surface area contributed by atoms with Crippen molar-refractivity contribution < 1.29 is 9.59 Å². The van der Waals surface area contributed by atoms with Crippen molar-refractivity contribution in [2.45, 2.75) is 70.6 Å². The van der Waals surface area contributed by atoms with E-state index in [9.17, 15) is 9.59 Å². The molecule has 156 valence electrons. The molecule has 1 heterocycles. The number of carbonyl (C=O) groups is 2. The van der Waals surface area contributed by atoms with Crippen LogP contribution in [0.25, 0.3) is 0 Å². The van der Waals surface area contributed by atoms with Crippen LogP contribution >= 0.6 is 0 Å². The molecule has 2 unspecified atom stereocenters. The van der Waals surface area contributed by atoms with Crippen LogP contribution in [0.15, 0.2) is 59.8 Å². The molecular formula is C27H31NO2. The molecule has 2 atom stereocenters. The van der Waals surface area contributed by atoms with E-state index in [-0.39, 0.29) is 28.9 Å². The smallest absolute Gasteiger partial charge is 0.225 e. The fourth-order valence-corrected chi connectivity index (χ4v) is 4.72. The summed E-state index contributed by atoms with van der Waals surface area (Å²) < 4.78 is 0. The summed E-state index contributed by atoms with van der Waals surface area (Å²) in [5, 5.41) is 3.03. The zero-order chi connectivity index (χ0) is 21.5. The number of amides is 1. The van der Waals surface area contributed by atoms with Gasteiger partial charge < -0.3 is 5.32 Å². The van der Waals surface area contributed by atoms with E-state index >= 15 is 0 Å². The monoisotopic (exact) mass is 401 g/mol. The van der Waals surface area contributed by atoms with Gasteiger partial charge >= 0.3 is 0 Å². The Morgan fingerprint density at radius 3 is 2.10 bits per heavy atom. The van der Waals surface area contributed by atoms with Crippen molar-refractivity contribution in [3.05, 3.63) is 82.1 Å². The van der Waals surface area contributed by atoms with Crippen molar-refractivity contribution in [2.24, 2.45) is 0 Å². The summed E-state index contributed by atoms with van der Waals surface area (Å²) in [4.78, 5) is 25.7. The fraction of sp³-hybridized carbons (Fsp3) is 0.407. The molecular weight excluding hydrogens is 370 g/mol. The summed E-state index contributed by atoms with van der Waals surface area (Å²) in [6, 6.07) is 17.0. The first-order valence-corrected chi connectivity index (χ1v) is 11.0. The lowest BCUT2D eigenvalue weighted by Crippen LogP contribution is -2.38. The van der Waals surface area contributed by atoms with Gasteiger partial charge in [0, 0.05) is 30.0 Å². The normalized spacial score (nSPS) is 22.0. The molecule has 1 amide bonds. The highest BCUT2D eigenvalue weighted by molar-refractivity contribution is 6.02. The number of carbonyl (C=O) groups excluding carboxylic acids is 2. The first kappa shape index (κ1) is 20.6. The summed E-state index contributed by atoms with van der Waals surface area (Å²) in [6.07, 6.45) is 2.58. The van der Waals surface area contributed by atoms with Crippen LogP contribution in [0.2, 0.25) is 0 Å². The Morgan fingerprint density at radius 2 is 1.50 bits per heavy atom. The molecule has 30 heavy (non-hydrogen) atoms. The Balaban J connectivity index is 1.65. The number of ketones is 1. The molecule has 0 bridgehead atoms. The number of hydrogen-bond donors (Lipinski definition) is 1. The molecule has 0 spiro atoms. The van der Waals surface area contributed by atoms with Crippen molar-refractivity contribution in [3.63, 3.8) is 0 Å². The first-order valence-electron chi connectivity index (χ1n) is 11.0. The molecule has 4 rings (SSSR count). The molecule has 1 aliphatic carbocycles. The van der Waals surface area contributed by atoms with Crippen molar-refractivity contribution in [2.75, 3.05) is 0 Å². The van der Waals surface area contributed by atoms with E-state index in [1.54, 1.807) is 0 Å². The number of rotatable bonds is 3. The van der Waals surface area contributed by atoms with Gasteiger partial charge in [0.05, 0.1) is 0 Å². The number of allylic oxidation sites excluding steroid dienone is 2. The quantitative estimate of drug-likeness (QED) is 0.733. The molecule has 1 N–H and O–H groups in total. The standard InChI is InChI=1S/C27H31NO2/c1-5-17-6-8-18(9-7-17)20-14-23-26(24(29)15-20)22(16-25(30)28-23)19-10-12-21(13-11-19)27(2,3)4/h6-13,20,22H,5,14-16H2,1-4H3,(H,28,30). The van der Waals surface area contributed by atoms with Crippen molar-refractivity contribution in [1.29, 1.82) is 0 Å². The first-order chi connectivity index (χ1) is 14.3. The number of nitrogens with one attached hydrogen (secondary N) is 1. The number of hydrogen-bond acceptors (Lipinski definition) is 2. The zero-order valence-corrected chi connectivity index (χ0v) is 18.4. The summed E-state index contributed by atoms with van der Waals surface area (Å²) in [6.45, 7) is 8.71. The Morgan fingerprint density at radius 1 is 0.867 bits per heavy atom. The second-order valence-corrected chi connectivity index (χ2v) is 9.69. The summed E-state index contributed by atoms with van der Waals surface area (Å²) in [7, 11) is 0. The Labute approximate surface area is 179 Å². The average Bonchev–Trinajstić information content (AvgIpc) is 2.72. The minimum atomic E-state index is -0.140. The summed E-state index contributed by atoms with van der Waals surface area (Å²) in [5.74, 6) is 0.169. The van der Waals surface area contributed by atoms with Crippen LogP contribution in [0.1, 0.15) is 81.0 Å². The average molecular weight is 402 g/mol. The van der Waals surface area contributed by atoms with Crippen LogP contribution in [0.4, 0.5) is 0 Å². The van der Waals surface area contributed by atoms with Crippen LogP contribution < -0.4 is 5.32 Å². The Kier molecular flexibility index (Phi) is 5.40. The van der Waals surface area contributed by atoms with E-state index in [1.165, 1.54) is 16.7 Å². The molecule has 3 heteroatoms. The van der Waals surface area contributed by atoms with Gasteiger partial charge in [0.15, 0.2) is 5.78 Å². The highest BCUT2D eigenvalue weighted by Crippen LogP contribution is 2.42. The summed E-state index contributed by atoms with van der Waals surface area (Å²) >= 11 is 0. The SMILES string of the molecule is CCc1ccc(C2CC(=O)C3=C(C2)NC(=O)CC3c2ccc(C(C)(C)C)cc2)cc1. The van der Waals surface area contributed by atoms with Crippen LogP contribution in [0.5, 0.6) is 0 Å². The molecule has 2 aromatic carbocycles. The molecule has 2 aliphatic rings. The van der Waals surface area contributed by atoms with E-state index in [0.29, 0.717) is 12.8 Å². The van der Waals surface area contributed by atoms with Gasteiger partial charge in [0.2, 0.25) is 5.91 Å². The Bertz CT molecular complexity index is 991. The van der Waals surface area contributed by atoms with Crippen molar-refractivity contribution in [1.82, 2.24) is 5.32 Å². The fourth-order valence-electron chi connectivity index (χ4n) is 4.72. The van der Waals surface area contributed by atoms with Gasteiger partial charge in [0.25, 0.3) is 0 Å². The lowest BCUT2D eigenvalue weighted by Gasteiger charge is -2.34. The lowest BCUT2D eigenvalue weighted by atomic mass is 9.73. The van der Waals surface area contributed by atoms with E-state index < -0.39 is 0 Å². The van der Waals surface area contributed by atoms with Crippen molar-refractivity contribution in [3.8, 4) is 0 Å². The maximum atomic E-state index is 13.2. The van der Waals surface area contributed by atoms with Gasteiger partial charge in [0.1, 0.15) is 0 Å². The van der Waals surface area contributed by atoms with Crippen LogP contribution in [-0.2, 0) is 21.4 Å². The van der Waals surface area contributed by atoms with E-state index in [4.69, 9.17) is 0 Å². The van der Waals surface area contributed by atoms with Gasteiger partial charge in [-0.15, -0.1) is 0 Å². The number of Topliss-reactive ketones (excluding diaryl/α,β-unsaturated/α-hetero) is 1. The molecule has 0 saturated carbocycles. The Hall–Kier alpha value is -2.68. The third-order valence-corrected chi connectivity index (χ3v) is 6.57. The van der Waals surface area contributed by atoms with Gasteiger partial charge in [-0.2, -0.15) is 0 Å². The van der Waals surface area contributed by atoms with E-state index in [1.807, 2.05) is 0 Å². The van der Waals surface area contributed by atoms with Crippen LogP contribution in [0.3, 0.4) is 0 Å². The topological polar surface area (TPSA) is 46.2 Å². The number of benzene rings is 2. The van der Waals surface area contributed by atoms with Gasteiger partial charge in [-0.25, -0.2) is 0 Å². The van der Waals surface area contributed by atoms with Crippen LogP contribution in [-0.4, -0.2) is 11.7 Å². The van der Waals surface area contributed by atoms with E-state index in [0.717, 1.165) is 29.7 Å². The minimum absolute atomic E-state index is 0.00780. The second-order valence-electron chi connectivity index (χ2n) is 9.69. The zero-order valence-electron chi connectivity index (χ0n) is 18.4.